The van der Waals surface area contributed by atoms with Gasteiger partial charge in [-0.25, -0.2) is 4.79 Å². The van der Waals surface area contributed by atoms with E-state index in [2.05, 4.69) is 5.32 Å². The summed E-state index contributed by atoms with van der Waals surface area (Å²) in [5, 5.41) is 20.3. The Hall–Kier alpha value is -1.79. The second-order valence-electron chi connectivity index (χ2n) is 4.40. The number of ether oxygens (including phenoxy) is 1. The molecule has 3 N–H and O–H groups in total. The van der Waals surface area contributed by atoms with Crippen LogP contribution in [0.1, 0.15) is 11.1 Å². The minimum Gasteiger partial charge on any atom is -0.473 e. The molecule has 1 aromatic carbocycles. The molecule has 0 bridgehead atoms. The largest absolute Gasteiger partial charge is 0.473 e. The van der Waals surface area contributed by atoms with E-state index in [1.54, 1.807) is 0 Å². The lowest BCUT2D eigenvalue weighted by Crippen LogP contribution is -2.44. The van der Waals surface area contributed by atoms with Gasteiger partial charge in [0.1, 0.15) is 5.75 Å². The number of carbonyl (C=O) groups is 1. The standard InChI is InChI=1S/C14H22N2O4/c1-11-4-3-5-13(12(11)2)20-10-15-14(19)16(6-8-17)7-9-18/h3-5,17-18H,6-10H2,1-2H3,(H,15,19). The minimum absolute atomic E-state index is 0.0382. The maximum absolute atomic E-state index is 11.8. The molecular weight excluding hydrogens is 260 g/mol. The first kappa shape index (κ1) is 16.3. The van der Waals surface area contributed by atoms with Crippen LogP contribution in [0.4, 0.5) is 4.79 Å². The zero-order chi connectivity index (χ0) is 15.0. The molecular formula is C14H22N2O4. The quantitative estimate of drug-likeness (QED) is 0.641. The van der Waals surface area contributed by atoms with E-state index in [1.807, 2.05) is 32.0 Å². The highest BCUT2D eigenvalue weighted by Gasteiger charge is 2.11. The van der Waals surface area contributed by atoms with Gasteiger partial charge in [-0.3, -0.25) is 0 Å². The molecule has 0 saturated heterocycles. The van der Waals surface area contributed by atoms with Crippen molar-refractivity contribution >= 4 is 6.03 Å². The number of aliphatic hydroxyl groups excluding tert-OH is 2. The predicted octanol–water partition coefficient (Wildman–Crippen LogP) is 0.636. The number of urea groups is 1. The second-order valence-corrected chi connectivity index (χ2v) is 4.40. The molecule has 20 heavy (non-hydrogen) atoms. The summed E-state index contributed by atoms with van der Waals surface area (Å²) in [7, 11) is 0. The summed E-state index contributed by atoms with van der Waals surface area (Å²) in [6.07, 6.45) is 0. The van der Waals surface area contributed by atoms with E-state index in [1.165, 1.54) is 4.90 Å². The first-order valence-corrected chi connectivity index (χ1v) is 6.53. The van der Waals surface area contributed by atoms with Crippen molar-refractivity contribution in [1.29, 1.82) is 0 Å². The van der Waals surface area contributed by atoms with E-state index in [0.29, 0.717) is 0 Å². The third kappa shape index (κ3) is 4.71. The molecule has 0 saturated carbocycles. The van der Waals surface area contributed by atoms with E-state index in [4.69, 9.17) is 14.9 Å². The van der Waals surface area contributed by atoms with Crippen molar-refractivity contribution in [2.45, 2.75) is 13.8 Å². The average Bonchev–Trinajstić information content (AvgIpc) is 2.43. The first-order valence-electron chi connectivity index (χ1n) is 6.53. The van der Waals surface area contributed by atoms with Crippen LogP contribution in [0.3, 0.4) is 0 Å². The molecule has 0 radical (unpaired) electrons. The molecule has 1 aromatic rings. The Balaban J connectivity index is 2.46. The lowest BCUT2D eigenvalue weighted by Gasteiger charge is -2.21. The van der Waals surface area contributed by atoms with Gasteiger partial charge in [0.25, 0.3) is 0 Å². The van der Waals surface area contributed by atoms with Crippen molar-refractivity contribution in [2.24, 2.45) is 0 Å². The van der Waals surface area contributed by atoms with Crippen molar-refractivity contribution in [2.75, 3.05) is 33.0 Å². The summed E-state index contributed by atoms with van der Waals surface area (Å²) in [6.45, 7) is 4.04. The van der Waals surface area contributed by atoms with Gasteiger partial charge >= 0.3 is 6.03 Å². The predicted molar refractivity (Wildman–Crippen MR) is 75.7 cm³/mol. The van der Waals surface area contributed by atoms with E-state index < -0.39 is 0 Å². The van der Waals surface area contributed by atoms with Crippen LogP contribution in [0, 0.1) is 13.8 Å². The molecule has 0 fully saturated rings. The van der Waals surface area contributed by atoms with Crippen LogP contribution in [0.2, 0.25) is 0 Å². The van der Waals surface area contributed by atoms with Crippen LogP contribution in [0.25, 0.3) is 0 Å². The normalized spacial score (nSPS) is 10.2. The van der Waals surface area contributed by atoms with Crippen molar-refractivity contribution < 1.29 is 19.7 Å². The van der Waals surface area contributed by atoms with Crippen molar-refractivity contribution in [3.05, 3.63) is 29.3 Å². The van der Waals surface area contributed by atoms with Crippen LogP contribution >= 0.6 is 0 Å². The van der Waals surface area contributed by atoms with Gasteiger partial charge < -0.3 is 25.2 Å². The van der Waals surface area contributed by atoms with Gasteiger partial charge in [0.2, 0.25) is 0 Å². The van der Waals surface area contributed by atoms with Crippen molar-refractivity contribution in [3.8, 4) is 5.75 Å². The molecule has 6 heteroatoms. The van der Waals surface area contributed by atoms with Crippen LogP contribution in [0.5, 0.6) is 5.75 Å². The molecule has 0 aromatic heterocycles. The zero-order valence-corrected chi connectivity index (χ0v) is 11.9. The van der Waals surface area contributed by atoms with Crippen molar-refractivity contribution in [3.63, 3.8) is 0 Å². The van der Waals surface area contributed by atoms with Gasteiger partial charge in [-0.15, -0.1) is 0 Å². The van der Waals surface area contributed by atoms with E-state index in [9.17, 15) is 4.79 Å². The number of nitrogens with zero attached hydrogens (tertiary/aromatic N) is 1. The number of carbonyl (C=O) groups excluding carboxylic acids is 1. The summed E-state index contributed by atoms with van der Waals surface area (Å²) < 4.78 is 5.51. The molecule has 0 unspecified atom stereocenters. The summed E-state index contributed by atoms with van der Waals surface area (Å²) >= 11 is 0. The molecule has 0 atom stereocenters. The Bertz CT molecular complexity index is 431. The number of nitrogens with one attached hydrogen (secondary N) is 1. The monoisotopic (exact) mass is 282 g/mol. The van der Waals surface area contributed by atoms with E-state index >= 15 is 0 Å². The topological polar surface area (TPSA) is 82.0 Å². The van der Waals surface area contributed by atoms with Gasteiger partial charge in [0, 0.05) is 13.1 Å². The number of hydrogen-bond donors (Lipinski definition) is 3. The molecule has 0 aliphatic carbocycles. The van der Waals surface area contributed by atoms with Crippen LogP contribution in [-0.2, 0) is 0 Å². The highest BCUT2D eigenvalue weighted by atomic mass is 16.5. The summed E-state index contributed by atoms with van der Waals surface area (Å²) in [5.41, 5.74) is 2.15. The highest BCUT2D eigenvalue weighted by molar-refractivity contribution is 5.74. The Morgan fingerprint density at radius 3 is 2.50 bits per heavy atom. The number of amides is 2. The number of rotatable bonds is 7. The Kier molecular flexibility index (Phi) is 6.83. The summed E-state index contributed by atoms with van der Waals surface area (Å²) in [6, 6.07) is 5.35. The van der Waals surface area contributed by atoms with Crippen LogP contribution in [-0.4, -0.2) is 54.2 Å². The Morgan fingerprint density at radius 2 is 1.90 bits per heavy atom. The summed E-state index contributed by atoms with van der Waals surface area (Å²) in [5.74, 6) is 0.723. The second kappa shape index (κ2) is 8.39. The maximum atomic E-state index is 11.8. The smallest absolute Gasteiger partial charge is 0.320 e. The fourth-order valence-corrected chi connectivity index (χ4v) is 1.72. The number of benzene rings is 1. The van der Waals surface area contributed by atoms with E-state index in [-0.39, 0.29) is 39.1 Å². The van der Waals surface area contributed by atoms with Crippen LogP contribution < -0.4 is 10.1 Å². The van der Waals surface area contributed by atoms with Gasteiger partial charge in [0.15, 0.2) is 6.73 Å². The Morgan fingerprint density at radius 1 is 1.25 bits per heavy atom. The zero-order valence-electron chi connectivity index (χ0n) is 11.9. The highest BCUT2D eigenvalue weighted by Crippen LogP contribution is 2.19. The molecule has 1 rings (SSSR count). The average molecular weight is 282 g/mol. The number of hydrogen-bond acceptors (Lipinski definition) is 4. The number of aryl methyl sites for hydroxylation is 1. The molecule has 0 aliphatic rings. The van der Waals surface area contributed by atoms with Gasteiger partial charge in [0.05, 0.1) is 13.2 Å². The molecule has 0 aliphatic heterocycles. The minimum atomic E-state index is -0.376. The molecule has 0 spiro atoms. The van der Waals surface area contributed by atoms with Gasteiger partial charge in [-0.2, -0.15) is 0 Å². The summed E-state index contributed by atoms with van der Waals surface area (Å²) in [4.78, 5) is 13.1. The fourth-order valence-electron chi connectivity index (χ4n) is 1.72. The number of aliphatic hydroxyl groups is 2. The Labute approximate surface area is 119 Å². The van der Waals surface area contributed by atoms with Crippen LogP contribution in [0.15, 0.2) is 18.2 Å². The van der Waals surface area contributed by atoms with Gasteiger partial charge in [-0.05, 0) is 31.0 Å². The SMILES string of the molecule is Cc1cccc(OCNC(=O)N(CCO)CCO)c1C. The lowest BCUT2D eigenvalue weighted by molar-refractivity contribution is 0.151. The third-order valence-electron chi connectivity index (χ3n) is 3.03. The van der Waals surface area contributed by atoms with Crippen molar-refractivity contribution in [1.82, 2.24) is 10.2 Å². The fraction of sp³-hybridized carbons (Fsp3) is 0.500. The first-order chi connectivity index (χ1) is 9.60. The van der Waals surface area contributed by atoms with E-state index in [0.717, 1.165) is 16.9 Å². The third-order valence-corrected chi connectivity index (χ3v) is 3.03. The molecule has 2 amide bonds. The van der Waals surface area contributed by atoms with Gasteiger partial charge in [-0.1, -0.05) is 12.1 Å². The molecule has 0 heterocycles. The maximum Gasteiger partial charge on any atom is 0.320 e. The molecule has 112 valence electrons. The molecule has 6 nitrogen and oxygen atoms in total. The lowest BCUT2D eigenvalue weighted by atomic mass is 10.1.